The van der Waals surface area contributed by atoms with E-state index in [9.17, 15) is 13.2 Å². The van der Waals surface area contributed by atoms with Crippen molar-refractivity contribution < 1.29 is 13.2 Å². The molecule has 0 bridgehead atoms. The largest absolute Gasteiger partial charge is 0.417 e. The average molecular weight is 307 g/mol. The maximum Gasteiger partial charge on any atom is 0.417 e. The van der Waals surface area contributed by atoms with Crippen LogP contribution in [0.2, 0.25) is 0 Å². The first-order valence-corrected chi connectivity index (χ1v) is 5.88. The first-order chi connectivity index (χ1) is 7.88. The summed E-state index contributed by atoms with van der Waals surface area (Å²) in [4.78, 5) is 4.01. The van der Waals surface area contributed by atoms with E-state index in [1.54, 1.807) is 0 Å². The molecule has 0 aliphatic heterocycles. The number of alkyl halides is 3. The minimum atomic E-state index is -4.39. The van der Waals surface area contributed by atoms with Crippen molar-refractivity contribution in [1.29, 1.82) is 0 Å². The fourth-order valence-electron chi connectivity index (χ4n) is 1.42. The molecule has 0 amide bonds. The predicted octanol–water partition coefficient (Wildman–Crippen LogP) is 3.87. The Balaban J connectivity index is 2.34. The summed E-state index contributed by atoms with van der Waals surface area (Å²) in [5.41, 5.74) is 5.17. The second kappa shape index (κ2) is 4.33. The van der Waals surface area contributed by atoms with E-state index in [4.69, 9.17) is 5.73 Å². The molecule has 92 valence electrons. The summed E-state index contributed by atoms with van der Waals surface area (Å²) in [6.07, 6.45) is -2.45. The molecule has 6 heteroatoms. The number of halogens is 4. The van der Waals surface area contributed by atoms with Gasteiger partial charge in [-0.3, -0.25) is 0 Å². The first kappa shape index (κ1) is 12.4. The van der Waals surface area contributed by atoms with Gasteiger partial charge in [0.25, 0.3) is 0 Å². The van der Waals surface area contributed by atoms with Crippen molar-refractivity contribution in [3.63, 3.8) is 0 Å². The van der Waals surface area contributed by atoms with Gasteiger partial charge >= 0.3 is 6.18 Å². The fraction of sp³-hybridized carbons (Fsp3) is 0.364. The quantitative estimate of drug-likeness (QED) is 0.654. The number of rotatable bonds is 2. The topological polar surface area (TPSA) is 38.4 Å². The smallest absolute Gasteiger partial charge is 0.387 e. The van der Waals surface area contributed by atoms with Crippen molar-refractivity contribution in [2.75, 3.05) is 0 Å². The van der Waals surface area contributed by atoms with Gasteiger partial charge < -0.3 is 5.73 Å². The molecule has 1 aromatic carbocycles. The number of nitrogens with zero attached hydrogens (tertiary/aromatic N) is 1. The molecule has 0 heterocycles. The third-order valence-corrected chi connectivity index (χ3v) is 3.20. The molecular weight excluding hydrogens is 297 g/mol. The Bertz CT molecular complexity index is 464. The van der Waals surface area contributed by atoms with Gasteiger partial charge in [0.05, 0.1) is 11.3 Å². The summed E-state index contributed by atoms with van der Waals surface area (Å²) in [6.45, 7) is 0. The van der Waals surface area contributed by atoms with Crippen LogP contribution >= 0.6 is 15.9 Å². The Labute approximate surface area is 105 Å². The average Bonchev–Trinajstić information content (AvgIpc) is 3.02. The maximum absolute atomic E-state index is 12.6. The van der Waals surface area contributed by atoms with Gasteiger partial charge in [0.15, 0.2) is 0 Å². The Morgan fingerprint density at radius 3 is 2.53 bits per heavy atom. The molecule has 1 aliphatic rings. The minimum absolute atomic E-state index is 0.00828. The van der Waals surface area contributed by atoms with Crippen LogP contribution in [-0.4, -0.2) is 5.84 Å². The zero-order chi connectivity index (χ0) is 12.6. The molecule has 0 spiro atoms. The molecule has 0 saturated heterocycles. The molecule has 1 fully saturated rings. The van der Waals surface area contributed by atoms with Gasteiger partial charge in [-0.2, -0.15) is 13.2 Å². The molecule has 1 aromatic rings. The van der Waals surface area contributed by atoms with Crippen molar-refractivity contribution in [3.8, 4) is 0 Å². The summed E-state index contributed by atoms with van der Waals surface area (Å²) in [5, 5.41) is 0. The van der Waals surface area contributed by atoms with Crippen molar-refractivity contribution in [2.24, 2.45) is 16.6 Å². The van der Waals surface area contributed by atoms with E-state index in [-0.39, 0.29) is 16.1 Å². The van der Waals surface area contributed by atoms with E-state index >= 15 is 0 Å². The van der Waals surface area contributed by atoms with Gasteiger partial charge in [0.2, 0.25) is 0 Å². The number of amidine groups is 1. The van der Waals surface area contributed by atoms with E-state index in [1.165, 1.54) is 12.1 Å². The van der Waals surface area contributed by atoms with Crippen LogP contribution in [0.5, 0.6) is 0 Å². The molecule has 17 heavy (non-hydrogen) atoms. The van der Waals surface area contributed by atoms with Crippen LogP contribution in [0.25, 0.3) is 0 Å². The highest BCUT2D eigenvalue weighted by Crippen LogP contribution is 2.37. The summed E-state index contributed by atoms with van der Waals surface area (Å²) in [6, 6.07) is 3.84. The second-order valence-electron chi connectivity index (χ2n) is 3.97. The zero-order valence-corrected chi connectivity index (χ0v) is 10.3. The van der Waals surface area contributed by atoms with Crippen molar-refractivity contribution in [2.45, 2.75) is 19.0 Å². The molecule has 2 N–H and O–H groups in total. The van der Waals surface area contributed by atoms with Gasteiger partial charge in [-0.25, -0.2) is 4.99 Å². The molecule has 0 aromatic heterocycles. The van der Waals surface area contributed by atoms with E-state index in [0.717, 1.165) is 18.9 Å². The van der Waals surface area contributed by atoms with Crippen molar-refractivity contribution in [3.05, 3.63) is 28.2 Å². The maximum atomic E-state index is 12.6. The number of hydrogen-bond acceptors (Lipinski definition) is 1. The predicted molar refractivity (Wildman–Crippen MR) is 63.2 cm³/mol. The van der Waals surface area contributed by atoms with E-state index in [1.807, 2.05) is 0 Å². The highest BCUT2D eigenvalue weighted by atomic mass is 79.9. The molecule has 1 saturated carbocycles. The molecule has 1 aliphatic carbocycles. The Morgan fingerprint density at radius 2 is 2.00 bits per heavy atom. The van der Waals surface area contributed by atoms with Crippen LogP contribution in [-0.2, 0) is 6.18 Å². The van der Waals surface area contributed by atoms with Gasteiger partial charge in [-0.1, -0.05) is 15.9 Å². The van der Waals surface area contributed by atoms with Crippen LogP contribution in [0.4, 0.5) is 18.9 Å². The number of hydrogen-bond donors (Lipinski definition) is 1. The second-order valence-corrected chi connectivity index (χ2v) is 4.83. The minimum Gasteiger partial charge on any atom is -0.387 e. The lowest BCUT2D eigenvalue weighted by Gasteiger charge is -2.09. The van der Waals surface area contributed by atoms with Crippen molar-refractivity contribution in [1.82, 2.24) is 0 Å². The third kappa shape index (κ3) is 3.00. The number of aliphatic imine (C=N–C) groups is 1. The van der Waals surface area contributed by atoms with Gasteiger partial charge in [0.1, 0.15) is 5.84 Å². The Kier molecular flexibility index (Phi) is 3.16. The summed E-state index contributed by atoms with van der Waals surface area (Å²) < 4.78 is 37.9. The Morgan fingerprint density at radius 1 is 1.35 bits per heavy atom. The molecule has 0 unspecified atom stereocenters. The Hall–Kier alpha value is -1.04. The lowest BCUT2D eigenvalue weighted by molar-refractivity contribution is -0.138. The zero-order valence-electron chi connectivity index (χ0n) is 8.76. The monoisotopic (exact) mass is 306 g/mol. The highest BCUT2D eigenvalue weighted by molar-refractivity contribution is 9.10. The fourth-order valence-corrected chi connectivity index (χ4v) is 1.89. The lowest BCUT2D eigenvalue weighted by atomic mass is 10.2. The number of benzene rings is 1. The molecule has 2 nitrogen and oxygen atoms in total. The van der Waals surface area contributed by atoms with Crippen LogP contribution in [0.3, 0.4) is 0 Å². The van der Waals surface area contributed by atoms with Crippen LogP contribution in [0.15, 0.2) is 27.7 Å². The van der Waals surface area contributed by atoms with Crippen LogP contribution in [0, 0.1) is 5.92 Å². The van der Waals surface area contributed by atoms with E-state index < -0.39 is 11.7 Å². The van der Waals surface area contributed by atoms with Crippen LogP contribution < -0.4 is 5.73 Å². The SMILES string of the molecule is NC(=Nc1ccc(Br)c(C(F)(F)F)c1)C1CC1. The summed E-state index contributed by atoms with van der Waals surface area (Å²) in [5.74, 6) is 0.661. The van der Waals surface area contributed by atoms with Crippen molar-refractivity contribution >= 4 is 27.5 Å². The van der Waals surface area contributed by atoms with E-state index in [2.05, 4.69) is 20.9 Å². The standard InChI is InChI=1S/C11H10BrF3N2/c12-9-4-3-7(5-8(9)11(13,14)15)17-10(16)6-1-2-6/h3-6H,1-2H2,(H2,16,17). The summed E-state index contributed by atoms with van der Waals surface area (Å²) >= 11 is 2.87. The van der Waals surface area contributed by atoms with Gasteiger partial charge in [-0.15, -0.1) is 0 Å². The number of nitrogens with two attached hydrogens (primary N) is 1. The highest BCUT2D eigenvalue weighted by Gasteiger charge is 2.33. The van der Waals surface area contributed by atoms with Gasteiger partial charge in [-0.05, 0) is 31.0 Å². The van der Waals surface area contributed by atoms with Gasteiger partial charge in [0, 0.05) is 10.4 Å². The van der Waals surface area contributed by atoms with Crippen LogP contribution in [0.1, 0.15) is 18.4 Å². The summed E-state index contributed by atoms with van der Waals surface area (Å²) in [7, 11) is 0. The normalized spacial score (nSPS) is 17.3. The molecule has 2 rings (SSSR count). The third-order valence-electron chi connectivity index (χ3n) is 2.51. The molecule has 0 radical (unpaired) electrons. The molecule has 0 atom stereocenters. The van der Waals surface area contributed by atoms with E-state index in [0.29, 0.717) is 5.84 Å². The first-order valence-electron chi connectivity index (χ1n) is 5.09. The molecular formula is C11H10BrF3N2. The lowest BCUT2D eigenvalue weighted by Crippen LogP contribution is -2.13.